The summed E-state index contributed by atoms with van der Waals surface area (Å²) in [6.07, 6.45) is 0.975. The molecule has 0 aromatic heterocycles. The Bertz CT molecular complexity index is 426. The molecule has 1 aliphatic carbocycles. The summed E-state index contributed by atoms with van der Waals surface area (Å²) in [5, 5.41) is 24.1. The van der Waals surface area contributed by atoms with Gasteiger partial charge in [0.15, 0.2) is 0 Å². The molecule has 120 valence electrons. The van der Waals surface area contributed by atoms with Gasteiger partial charge in [0.1, 0.15) is 5.78 Å². The van der Waals surface area contributed by atoms with Gasteiger partial charge in [-0.25, -0.2) is 5.48 Å². The molecule has 3 rings (SSSR count). The zero-order valence-electron chi connectivity index (χ0n) is 12.8. The van der Waals surface area contributed by atoms with Crippen LogP contribution in [0.15, 0.2) is 0 Å². The van der Waals surface area contributed by atoms with E-state index in [1.54, 1.807) is 0 Å². The molecule has 3 aliphatic rings. The fourth-order valence-electron chi connectivity index (χ4n) is 4.87. The smallest absolute Gasteiger partial charge is 0.143 e. The van der Waals surface area contributed by atoms with Crippen LogP contribution in [0.25, 0.3) is 0 Å². The number of β-amino-alcohol motifs (C(OH)–C–C–N with tert-alkyl or cyclic N) is 1. The number of hydroxylamine groups is 1. The molecular formula is C15H26N2O4. The Labute approximate surface area is 125 Å². The summed E-state index contributed by atoms with van der Waals surface area (Å²) in [6, 6.07) is 0. The highest BCUT2D eigenvalue weighted by molar-refractivity contribution is 5.90. The van der Waals surface area contributed by atoms with Gasteiger partial charge in [-0.3, -0.25) is 9.63 Å². The molecule has 6 atom stereocenters. The number of nitrogens with one attached hydrogen (secondary N) is 2. The summed E-state index contributed by atoms with van der Waals surface area (Å²) in [5.74, 6) is 0.0909. The van der Waals surface area contributed by atoms with Crippen LogP contribution in [0.3, 0.4) is 0 Å². The molecule has 2 saturated heterocycles. The average Bonchev–Trinajstić information content (AvgIpc) is 3.06. The van der Waals surface area contributed by atoms with Crippen molar-refractivity contribution in [3.8, 4) is 0 Å². The summed E-state index contributed by atoms with van der Waals surface area (Å²) < 4.78 is 0. The van der Waals surface area contributed by atoms with Crippen LogP contribution in [0.2, 0.25) is 0 Å². The van der Waals surface area contributed by atoms with Crippen molar-refractivity contribution in [2.24, 2.45) is 11.3 Å². The lowest BCUT2D eigenvalue weighted by molar-refractivity contribution is -0.154. The number of hydrogen-bond donors (Lipinski definition) is 4. The lowest BCUT2D eigenvalue weighted by Crippen LogP contribution is -2.72. The van der Waals surface area contributed by atoms with Crippen molar-refractivity contribution >= 4 is 5.78 Å². The zero-order valence-corrected chi connectivity index (χ0v) is 12.8. The van der Waals surface area contributed by atoms with E-state index in [9.17, 15) is 15.0 Å². The molecule has 3 fully saturated rings. The Morgan fingerprint density at radius 2 is 2.29 bits per heavy atom. The predicted molar refractivity (Wildman–Crippen MR) is 76.4 cm³/mol. The molecule has 0 bridgehead atoms. The summed E-state index contributed by atoms with van der Waals surface area (Å²) in [7, 11) is 0. The highest BCUT2D eigenvalue weighted by Gasteiger charge is 2.69. The van der Waals surface area contributed by atoms with Gasteiger partial charge in [0, 0.05) is 19.5 Å². The highest BCUT2D eigenvalue weighted by atomic mass is 16.7. The lowest BCUT2D eigenvalue weighted by atomic mass is 9.60. The summed E-state index contributed by atoms with van der Waals surface area (Å²) in [5.41, 5.74) is 1.40. The normalized spacial score (nSPS) is 48.4. The van der Waals surface area contributed by atoms with Crippen LogP contribution in [-0.2, 0) is 9.63 Å². The number of hydrogen-bond acceptors (Lipinski definition) is 6. The second-order valence-corrected chi connectivity index (χ2v) is 6.88. The van der Waals surface area contributed by atoms with E-state index in [0.717, 1.165) is 13.0 Å². The SMILES string of the molecule is CCC(O)C12NCC(O)CC1CC(=O)C2(C)C1CCNO1. The van der Waals surface area contributed by atoms with E-state index in [0.29, 0.717) is 25.8 Å². The van der Waals surface area contributed by atoms with Gasteiger partial charge in [0.25, 0.3) is 0 Å². The third kappa shape index (κ3) is 1.93. The number of aliphatic hydroxyl groups is 2. The number of Topliss-reactive ketones (excluding diaryl/α,β-unsaturated/α-hetero) is 1. The van der Waals surface area contributed by atoms with Crippen molar-refractivity contribution in [2.75, 3.05) is 13.1 Å². The Hall–Kier alpha value is -0.530. The second-order valence-electron chi connectivity index (χ2n) is 6.88. The fourth-order valence-corrected chi connectivity index (χ4v) is 4.87. The van der Waals surface area contributed by atoms with Gasteiger partial charge in [0.05, 0.1) is 29.3 Å². The van der Waals surface area contributed by atoms with Crippen LogP contribution in [0.5, 0.6) is 0 Å². The van der Waals surface area contributed by atoms with E-state index in [-0.39, 0.29) is 17.8 Å². The summed E-state index contributed by atoms with van der Waals surface area (Å²) >= 11 is 0. The first-order chi connectivity index (χ1) is 9.96. The van der Waals surface area contributed by atoms with E-state index in [1.165, 1.54) is 0 Å². The lowest BCUT2D eigenvalue weighted by Gasteiger charge is -2.54. The van der Waals surface area contributed by atoms with Gasteiger partial charge in [-0.05, 0) is 32.1 Å². The predicted octanol–water partition coefficient (Wildman–Crippen LogP) is -0.261. The topological polar surface area (TPSA) is 90.8 Å². The minimum Gasteiger partial charge on any atom is -0.392 e. The number of fused-ring (bicyclic) bond motifs is 1. The van der Waals surface area contributed by atoms with Crippen molar-refractivity contribution in [2.45, 2.75) is 63.4 Å². The molecule has 0 spiro atoms. The molecule has 4 N–H and O–H groups in total. The van der Waals surface area contributed by atoms with Crippen LogP contribution in [-0.4, -0.2) is 52.9 Å². The zero-order chi connectivity index (χ0) is 15.3. The molecule has 2 heterocycles. The van der Waals surface area contributed by atoms with Crippen molar-refractivity contribution < 1.29 is 19.8 Å². The van der Waals surface area contributed by atoms with E-state index in [2.05, 4.69) is 10.8 Å². The monoisotopic (exact) mass is 298 g/mol. The minimum absolute atomic E-state index is 0.0436. The van der Waals surface area contributed by atoms with E-state index in [1.807, 2.05) is 13.8 Å². The molecule has 6 nitrogen and oxygen atoms in total. The first-order valence-corrected chi connectivity index (χ1v) is 7.99. The minimum atomic E-state index is -0.767. The molecule has 1 saturated carbocycles. The maximum Gasteiger partial charge on any atom is 0.143 e. The average molecular weight is 298 g/mol. The number of carbonyl (C=O) groups is 1. The highest BCUT2D eigenvalue weighted by Crippen LogP contribution is 2.56. The van der Waals surface area contributed by atoms with Gasteiger partial charge in [-0.1, -0.05) is 6.92 Å². The van der Waals surface area contributed by atoms with E-state index in [4.69, 9.17) is 4.84 Å². The van der Waals surface area contributed by atoms with Crippen molar-refractivity contribution in [3.63, 3.8) is 0 Å². The van der Waals surface area contributed by atoms with Crippen LogP contribution < -0.4 is 10.8 Å². The van der Waals surface area contributed by atoms with Crippen LogP contribution in [0.4, 0.5) is 0 Å². The molecular weight excluding hydrogens is 272 g/mol. The third-order valence-electron chi connectivity index (χ3n) is 5.99. The van der Waals surface area contributed by atoms with Crippen molar-refractivity contribution in [1.29, 1.82) is 0 Å². The van der Waals surface area contributed by atoms with Crippen LogP contribution in [0.1, 0.15) is 39.5 Å². The molecule has 0 aromatic rings. The number of piperidine rings is 1. The molecule has 2 aliphatic heterocycles. The Morgan fingerprint density at radius 3 is 2.90 bits per heavy atom. The number of ketones is 1. The van der Waals surface area contributed by atoms with Gasteiger partial charge in [0.2, 0.25) is 0 Å². The number of rotatable bonds is 3. The van der Waals surface area contributed by atoms with Gasteiger partial charge >= 0.3 is 0 Å². The fraction of sp³-hybridized carbons (Fsp3) is 0.933. The molecule has 6 unspecified atom stereocenters. The third-order valence-corrected chi connectivity index (χ3v) is 5.99. The van der Waals surface area contributed by atoms with E-state index < -0.39 is 23.2 Å². The maximum atomic E-state index is 12.8. The number of aliphatic hydroxyl groups excluding tert-OH is 2. The molecule has 6 heteroatoms. The Kier molecular flexibility index (Phi) is 3.86. The quantitative estimate of drug-likeness (QED) is 0.574. The Balaban J connectivity index is 2.05. The first-order valence-electron chi connectivity index (χ1n) is 7.99. The molecule has 0 aromatic carbocycles. The van der Waals surface area contributed by atoms with Crippen LogP contribution in [0, 0.1) is 11.3 Å². The largest absolute Gasteiger partial charge is 0.392 e. The summed E-state index contributed by atoms with van der Waals surface area (Å²) in [4.78, 5) is 18.5. The van der Waals surface area contributed by atoms with Crippen molar-refractivity contribution in [3.05, 3.63) is 0 Å². The van der Waals surface area contributed by atoms with Crippen LogP contribution >= 0.6 is 0 Å². The summed E-state index contributed by atoms with van der Waals surface area (Å²) in [6.45, 7) is 4.99. The van der Waals surface area contributed by atoms with Gasteiger partial charge < -0.3 is 15.5 Å². The van der Waals surface area contributed by atoms with Gasteiger partial charge in [-0.15, -0.1) is 0 Å². The van der Waals surface area contributed by atoms with Crippen molar-refractivity contribution in [1.82, 2.24) is 10.8 Å². The molecule has 0 amide bonds. The molecule has 0 radical (unpaired) electrons. The second kappa shape index (κ2) is 5.28. The van der Waals surface area contributed by atoms with E-state index >= 15 is 0 Å². The Morgan fingerprint density at radius 1 is 1.52 bits per heavy atom. The number of carbonyl (C=O) groups excluding carboxylic acids is 1. The maximum absolute atomic E-state index is 12.8. The first kappa shape index (κ1) is 15.4. The standard InChI is InChI=1S/C15H26N2O4/c1-3-11(19)15-9(6-10(18)8-16-15)7-12(20)14(15,2)13-4-5-17-21-13/h9-11,13,16-19H,3-8H2,1-2H3. The molecule has 21 heavy (non-hydrogen) atoms. The van der Waals surface area contributed by atoms with Gasteiger partial charge in [-0.2, -0.15) is 0 Å².